The van der Waals surface area contributed by atoms with Crippen LogP contribution in [-0.2, 0) is 18.9 Å². The number of rotatable bonds is 11. The maximum absolute atomic E-state index is 13.8. The average Bonchev–Trinajstić information content (AvgIpc) is 3.79. The van der Waals surface area contributed by atoms with Crippen molar-refractivity contribution in [2.24, 2.45) is 0 Å². The number of nitrogens with one attached hydrogen (secondary N) is 1. The van der Waals surface area contributed by atoms with Crippen molar-refractivity contribution in [2.75, 3.05) is 11.9 Å². The average molecular weight is 732 g/mol. The van der Waals surface area contributed by atoms with Crippen molar-refractivity contribution in [3.8, 4) is 11.3 Å². The molecule has 12 nitrogen and oxygen atoms in total. The van der Waals surface area contributed by atoms with E-state index in [4.69, 9.17) is 24.0 Å². The van der Waals surface area contributed by atoms with Gasteiger partial charge in [-0.1, -0.05) is 103 Å². The molecule has 0 saturated carbocycles. The molecule has 7 aromatic rings. The van der Waals surface area contributed by atoms with Gasteiger partial charge >= 0.3 is 17.9 Å². The van der Waals surface area contributed by atoms with Gasteiger partial charge in [-0.15, -0.1) is 0 Å². The van der Waals surface area contributed by atoms with E-state index in [9.17, 15) is 14.4 Å². The van der Waals surface area contributed by atoms with Gasteiger partial charge in [-0.05, 0) is 48.5 Å². The van der Waals surface area contributed by atoms with Crippen LogP contribution in [0.25, 0.3) is 22.3 Å². The molecular weight excluding hydrogens is 699 g/mol. The van der Waals surface area contributed by atoms with Crippen LogP contribution < -0.4 is 5.32 Å². The first-order valence-corrected chi connectivity index (χ1v) is 17.5. The summed E-state index contributed by atoms with van der Waals surface area (Å²) in [6.45, 7) is -0.350. The topological polar surface area (TPSA) is 144 Å². The van der Waals surface area contributed by atoms with E-state index in [1.165, 1.54) is 11.0 Å². The number of benzene rings is 5. The number of aromatic nitrogens is 4. The molecule has 272 valence electrons. The SMILES string of the molecule is O=C(OC[C@@H]1O[C@@H](n2nc(-c3ccccc3)c3c(Nc4ccccc4)ncnc32)[C@H](OC(=O)c2ccccc2)[C@@H]1OC(=O)c1ccccc1)c1ccccc1. The van der Waals surface area contributed by atoms with Crippen LogP contribution in [0.3, 0.4) is 0 Å². The second-order valence-corrected chi connectivity index (χ2v) is 12.6. The Hall–Kier alpha value is -7.18. The molecule has 1 saturated heterocycles. The second-order valence-electron chi connectivity index (χ2n) is 12.6. The van der Waals surface area contributed by atoms with Crippen molar-refractivity contribution in [3.63, 3.8) is 0 Å². The van der Waals surface area contributed by atoms with Gasteiger partial charge in [0.25, 0.3) is 0 Å². The molecule has 55 heavy (non-hydrogen) atoms. The zero-order valence-electron chi connectivity index (χ0n) is 29.2. The van der Waals surface area contributed by atoms with E-state index in [2.05, 4.69) is 15.3 Å². The zero-order chi connectivity index (χ0) is 37.6. The third-order valence-corrected chi connectivity index (χ3v) is 8.99. The second kappa shape index (κ2) is 15.8. The number of para-hydroxylation sites is 1. The Kier molecular flexibility index (Phi) is 10.0. The summed E-state index contributed by atoms with van der Waals surface area (Å²) in [6.07, 6.45) is -3.50. The molecule has 3 heterocycles. The van der Waals surface area contributed by atoms with Gasteiger partial charge in [0, 0.05) is 11.3 Å². The molecule has 1 N–H and O–H groups in total. The maximum atomic E-state index is 13.8. The minimum absolute atomic E-state index is 0.263. The van der Waals surface area contributed by atoms with Crippen LogP contribution in [0, 0.1) is 0 Å². The van der Waals surface area contributed by atoms with Crippen molar-refractivity contribution < 1.29 is 33.3 Å². The third kappa shape index (κ3) is 7.52. The molecule has 1 aliphatic rings. The Morgan fingerprint density at radius 1 is 0.618 bits per heavy atom. The Morgan fingerprint density at radius 3 is 1.71 bits per heavy atom. The Bertz CT molecular complexity index is 2410. The van der Waals surface area contributed by atoms with Gasteiger partial charge < -0.3 is 24.3 Å². The minimum atomic E-state index is -1.30. The zero-order valence-corrected chi connectivity index (χ0v) is 29.2. The highest BCUT2D eigenvalue weighted by Crippen LogP contribution is 2.40. The van der Waals surface area contributed by atoms with Crippen molar-refractivity contribution in [3.05, 3.63) is 175 Å². The summed E-state index contributed by atoms with van der Waals surface area (Å²) in [5.41, 5.74) is 3.25. The largest absolute Gasteiger partial charge is 0.459 e. The molecule has 5 aromatic carbocycles. The van der Waals surface area contributed by atoms with Gasteiger partial charge in [-0.3, -0.25) is 0 Å². The molecule has 0 bridgehead atoms. The number of carbonyl (C=O) groups excluding carboxylic acids is 3. The molecule has 1 fully saturated rings. The summed E-state index contributed by atoms with van der Waals surface area (Å²) in [5, 5.41) is 8.97. The lowest BCUT2D eigenvalue weighted by Gasteiger charge is -2.24. The lowest BCUT2D eigenvalue weighted by atomic mass is 10.1. The van der Waals surface area contributed by atoms with Gasteiger partial charge in [-0.2, -0.15) is 5.10 Å². The van der Waals surface area contributed by atoms with E-state index in [1.807, 2.05) is 60.7 Å². The van der Waals surface area contributed by atoms with E-state index >= 15 is 0 Å². The van der Waals surface area contributed by atoms with Gasteiger partial charge in [0.05, 0.1) is 22.1 Å². The van der Waals surface area contributed by atoms with Crippen LogP contribution in [0.5, 0.6) is 0 Å². The first-order valence-electron chi connectivity index (χ1n) is 17.5. The van der Waals surface area contributed by atoms with Crippen molar-refractivity contribution in [1.29, 1.82) is 0 Å². The summed E-state index contributed by atoms with van der Waals surface area (Å²) >= 11 is 0. The first-order chi connectivity index (χ1) is 27.0. The van der Waals surface area contributed by atoms with Crippen molar-refractivity contribution in [1.82, 2.24) is 19.7 Å². The minimum Gasteiger partial charge on any atom is -0.459 e. The summed E-state index contributed by atoms with van der Waals surface area (Å²) in [4.78, 5) is 49.9. The maximum Gasteiger partial charge on any atom is 0.338 e. The van der Waals surface area contributed by atoms with Gasteiger partial charge in [0.15, 0.2) is 24.1 Å². The number of hydrogen-bond donors (Lipinski definition) is 1. The molecular formula is C43H33N5O7. The molecule has 0 spiro atoms. The van der Waals surface area contributed by atoms with Gasteiger partial charge in [0.1, 0.15) is 30.5 Å². The highest BCUT2D eigenvalue weighted by atomic mass is 16.7. The fourth-order valence-corrected chi connectivity index (χ4v) is 6.36. The monoisotopic (exact) mass is 731 g/mol. The highest BCUT2D eigenvalue weighted by molar-refractivity contribution is 6.00. The third-order valence-electron chi connectivity index (χ3n) is 8.99. The number of nitrogens with zero attached hydrogens (tertiary/aromatic N) is 4. The number of esters is 3. The Labute approximate surface area is 315 Å². The molecule has 1 aliphatic heterocycles. The van der Waals surface area contributed by atoms with E-state index in [1.54, 1.807) is 91.0 Å². The predicted octanol–water partition coefficient (Wildman–Crippen LogP) is 7.44. The van der Waals surface area contributed by atoms with E-state index in [0.717, 1.165) is 11.3 Å². The van der Waals surface area contributed by atoms with E-state index in [-0.39, 0.29) is 17.7 Å². The number of hydrogen-bond acceptors (Lipinski definition) is 11. The molecule has 0 unspecified atom stereocenters. The first kappa shape index (κ1) is 34.9. The van der Waals surface area contributed by atoms with Crippen LogP contribution in [0.2, 0.25) is 0 Å². The van der Waals surface area contributed by atoms with E-state index in [0.29, 0.717) is 28.1 Å². The van der Waals surface area contributed by atoms with Crippen LogP contribution in [0.15, 0.2) is 158 Å². The Balaban J connectivity index is 1.25. The van der Waals surface area contributed by atoms with Crippen LogP contribution in [-0.4, -0.2) is 62.6 Å². The number of ether oxygens (including phenoxy) is 4. The molecule has 12 heteroatoms. The number of anilines is 2. The molecule has 8 rings (SSSR count). The molecule has 0 amide bonds. The lowest BCUT2D eigenvalue weighted by Crippen LogP contribution is -2.41. The number of carbonyl (C=O) groups is 3. The summed E-state index contributed by atoms with van der Waals surface area (Å²) in [6, 6.07) is 44.3. The molecule has 2 aromatic heterocycles. The summed E-state index contributed by atoms with van der Waals surface area (Å²) < 4.78 is 26.2. The van der Waals surface area contributed by atoms with Gasteiger partial charge in [0.2, 0.25) is 0 Å². The highest BCUT2D eigenvalue weighted by Gasteiger charge is 2.52. The molecule has 0 aliphatic carbocycles. The van der Waals surface area contributed by atoms with Crippen LogP contribution in [0.1, 0.15) is 37.3 Å². The number of fused-ring (bicyclic) bond motifs is 1. The summed E-state index contributed by atoms with van der Waals surface area (Å²) in [7, 11) is 0. The van der Waals surface area contributed by atoms with Crippen LogP contribution in [0.4, 0.5) is 11.5 Å². The Morgan fingerprint density at radius 2 is 1.13 bits per heavy atom. The van der Waals surface area contributed by atoms with Crippen molar-refractivity contribution in [2.45, 2.75) is 24.5 Å². The summed E-state index contributed by atoms with van der Waals surface area (Å²) in [5.74, 6) is -1.53. The molecule has 4 atom stereocenters. The standard InChI is InChI=1S/C43H33N5O7/c49-41(29-18-8-2-9-19-29)52-26-33-36(54-42(50)30-20-10-3-11-21-30)37(55-43(51)31-22-12-4-13-23-31)40(53-33)48-39-34(35(47-48)28-16-6-1-7-17-28)38(44-27-45-39)46-32-24-14-5-15-25-32/h1-25,27,33,36-37,40H,26H2,(H,44,45,46)/t33-,36+,37+,40+/m0/s1. The van der Waals surface area contributed by atoms with Crippen LogP contribution >= 0.6 is 0 Å². The quantitative estimate of drug-likeness (QED) is 0.105. The van der Waals surface area contributed by atoms with Crippen molar-refractivity contribution >= 4 is 40.4 Å². The fraction of sp³-hybridized carbons (Fsp3) is 0.116. The van der Waals surface area contributed by atoms with Gasteiger partial charge in [-0.25, -0.2) is 29.0 Å². The smallest absolute Gasteiger partial charge is 0.338 e. The van der Waals surface area contributed by atoms with E-state index < -0.39 is 42.4 Å². The lowest BCUT2D eigenvalue weighted by molar-refractivity contribution is -0.0653. The molecule has 0 radical (unpaired) electrons. The fourth-order valence-electron chi connectivity index (χ4n) is 6.36. The normalized spacial score (nSPS) is 17.7. The predicted molar refractivity (Wildman–Crippen MR) is 202 cm³/mol.